The Morgan fingerprint density at radius 3 is 1.54 bits per heavy atom. The molecule has 0 aromatic heterocycles. The molecular formula is C23H46FNO. The van der Waals surface area contributed by atoms with E-state index in [2.05, 4.69) is 12.2 Å². The fraction of sp³-hybridized carbons (Fsp3) is 0.957. The summed E-state index contributed by atoms with van der Waals surface area (Å²) < 4.78 is 11.9. The topological polar surface area (TPSA) is 29.1 Å². The molecule has 26 heavy (non-hydrogen) atoms. The van der Waals surface area contributed by atoms with Gasteiger partial charge in [0, 0.05) is 13.0 Å². The van der Waals surface area contributed by atoms with E-state index in [-0.39, 0.29) is 12.6 Å². The summed E-state index contributed by atoms with van der Waals surface area (Å²) in [4.78, 5) is 11.7. The van der Waals surface area contributed by atoms with Gasteiger partial charge in [0.25, 0.3) is 0 Å². The van der Waals surface area contributed by atoms with Crippen molar-refractivity contribution >= 4 is 5.91 Å². The lowest BCUT2D eigenvalue weighted by atomic mass is 10.0. The van der Waals surface area contributed by atoms with Gasteiger partial charge in [-0.15, -0.1) is 0 Å². The Labute approximate surface area is 163 Å². The molecule has 0 bridgehead atoms. The lowest BCUT2D eigenvalue weighted by Crippen LogP contribution is -2.23. The molecule has 3 heteroatoms. The van der Waals surface area contributed by atoms with E-state index in [4.69, 9.17) is 0 Å². The molecule has 0 aromatic rings. The monoisotopic (exact) mass is 371 g/mol. The number of alkyl halides is 1. The number of nitrogens with one attached hydrogen (secondary N) is 1. The maximum absolute atomic E-state index is 11.9. The van der Waals surface area contributed by atoms with Crippen molar-refractivity contribution in [1.82, 2.24) is 5.32 Å². The van der Waals surface area contributed by atoms with E-state index in [1.807, 2.05) is 0 Å². The quantitative estimate of drug-likeness (QED) is 0.208. The average molecular weight is 372 g/mol. The summed E-state index contributed by atoms with van der Waals surface area (Å²) in [6.45, 7) is 2.90. The van der Waals surface area contributed by atoms with E-state index in [0.29, 0.717) is 12.8 Å². The van der Waals surface area contributed by atoms with Crippen molar-refractivity contribution in [1.29, 1.82) is 0 Å². The van der Waals surface area contributed by atoms with Crippen LogP contribution in [0.15, 0.2) is 0 Å². The molecule has 0 aromatic carbocycles. The van der Waals surface area contributed by atoms with Crippen LogP contribution in [-0.2, 0) is 4.79 Å². The summed E-state index contributed by atoms with van der Waals surface area (Å²) in [6.07, 6.45) is 22.9. The molecule has 0 fully saturated rings. The van der Waals surface area contributed by atoms with Crippen LogP contribution in [0.4, 0.5) is 4.39 Å². The van der Waals surface area contributed by atoms with Gasteiger partial charge in [-0.2, -0.15) is 0 Å². The van der Waals surface area contributed by atoms with Crippen molar-refractivity contribution in [2.75, 3.05) is 13.2 Å². The molecule has 0 heterocycles. The number of hydrogen-bond acceptors (Lipinski definition) is 1. The SMILES string of the molecule is CCCCCCCCCCCCCCCNC(=O)CCCCCCCF. The largest absolute Gasteiger partial charge is 0.356 e. The Morgan fingerprint density at radius 2 is 1.04 bits per heavy atom. The van der Waals surface area contributed by atoms with Gasteiger partial charge in [-0.1, -0.05) is 103 Å². The summed E-state index contributed by atoms with van der Waals surface area (Å²) in [5.74, 6) is 0.189. The molecule has 156 valence electrons. The van der Waals surface area contributed by atoms with Crippen LogP contribution in [0.3, 0.4) is 0 Å². The average Bonchev–Trinajstić information content (AvgIpc) is 2.65. The summed E-state index contributed by atoms with van der Waals surface area (Å²) >= 11 is 0. The first-order valence-corrected chi connectivity index (χ1v) is 11.6. The predicted octanol–water partition coefficient (Wildman–Crippen LogP) is 7.50. The Kier molecular flexibility index (Phi) is 21.9. The van der Waals surface area contributed by atoms with Crippen LogP contribution in [0.5, 0.6) is 0 Å². The van der Waals surface area contributed by atoms with Crippen molar-refractivity contribution in [3.8, 4) is 0 Å². The molecule has 0 spiro atoms. The zero-order valence-corrected chi connectivity index (χ0v) is 17.6. The highest BCUT2D eigenvalue weighted by Crippen LogP contribution is 2.12. The van der Waals surface area contributed by atoms with Gasteiger partial charge in [0.1, 0.15) is 0 Å². The molecule has 0 saturated carbocycles. The Bertz CT molecular complexity index is 283. The number of hydrogen-bond donors (Lipinski definition) is 1. The van der Waals surface area contributed by atoms with Crippen LogP contribution in [0.2, 0.25) is 0 Å². The van der Waals surface area contributed by atoms with E-state index in [1.54, 1.807) is 0 Å². The van der Waals surface area contributed by atoms with Gasteiger partial charge in [0.15, 0.2) is 0 Å². The molecule has 0 atom stereocenters. The van der Waals surface area contributed by atoms with Crippen molar-refractivity contribution in [2.45, 2.75) is 129 Å². The number of halogens is 1. The molecule has 0 saturated heterocycles. The summed E-state index contributed by atoms with van der Waals surface area (Å²) in [7, 11) is 0. The highest BCUT2D eigenvalue weighted by atomic mass is 19.1. The molecule has 0 unspecified atom stereocenters. The van der Waals surface area contributed by atoms with Crippen LogP contribution in [0.25, 0.3) is 0 Å². The molecule has 1 N–H and O–H groups in total. The van der Waals surface area contributed by atoms with Gasteiger partial charge in [-0.3, -0.25) is 9.18 Å². The Hall–Kier alpha value is -0.600. The maximum atomic E-state index is 11.9. The van der Waals surface area contributed by atoms with E-state index in [1.165, 1.54) is 77.0 Å². The van der Waals surface area contributed by atoms with Crippen LogP contribution in [0.1, 0.15) is 129 Å². The fourth-order valence-electron chi connectivity index (χ4n) is 3.37. The van der Waals surface area contributed by atoms with Gasteiger partial charge in [-0.25, -0.2) is 0 Å². The van der Waals surface area contributed by atoms with Crippen LogP contribution in [0, 0.1) is 0 Å². The minimum atomic E-state index is -0.209. The van der Waals surface area contributed by atoms with E-state index in [9.17, 15) is 9.18 Å². The first-order valence-electron chi connectivity index (χ1n) is 11.6. The molecule has 0 rings (SSSR count). The number of carbonyl (C=O) groups is 1. The van der Waals surface area contributed by atoms with Crippen LogP contribution < -0.4 is 5.32 Å². The third-order valence-electron chi connectivity index (χ3n) is 5.14. The van der Waals surface area contributed by atoms with Crippen molar-refractivity contribution in [3.05, 3.63) is 0 Å². The number of carbonyl (C=O) groups excluding carboxylic acids is 1. The second kappa shape index (κ2) is 22.4. The van der Waals surface area contributed by atoms with Crippen LogP contribution in [-0.4, -0.2) is 19.1 Å². The summed E-state index contributed by atoms with van der Waals surface area (Å²) in [5, 5.41) is 3.03. The van der Waals surface area contributed by atoms with E-state index < -0.39 is 0 Å². The smallest absolute Gasteiger partial charge is 0.219 e. The second-order valence-electron chi connectivity index (χ2n) is 7.80. The predicted molar refractivity (Wildman–Crippen MR) is 112 cm³/mol. The first kappa shape index (κ1) is 25.4. The summed E-state index contributed by atoms with van der Waals surface area (Å²) in [5.41, 5.74) is 0. The standard InChI is InChI=1S/C23H46FNO/c1-2-3-4-5-6-7-8-9-10-11-12-16-19-22-25-23(26)20-17-14-13-15-18-21-24/h2-22H2,1H3,(H,25,26). The number of rotatable bonds is 21. The highest BCUT2D eigenvalue weighted by Gasteiger charge is 2.00. The normalized spacial score (nSPS) is 11.0. The highest BCUT2D eigenvalue weighted by molar-refractivity contribution is 5.75. The lowest BCUT2D eigenvalue weighted by Gasteiger charge is -2.06. The van der Waals surface area contributed by atoms with Gasteiger partial charge in [0.05, 0.1) is 6.67 Å². The van der Waals surface area contributed by atoms with Crippen LogP contribution >= 0.6 is 0 Å². The van der Waals surface area contributed by atoms with Crippen molar-refractivity contribution in [3.63, 3.8) is 0 Å². The van der Waals surface area contributed by atoms with Gasteiger partial charge < -0.3 is 5.32 Å². The van der Waals surface area contributed by atoms with E-state index >= 15 is 0 Å². The van der Waals surface area contributed by atoms with E-state index in [0.717, 1.165) is 38.6 Å². The third kappa shape index (κ3) is 21.4. The Balaban J connectivity index is 3.11. The van der Waals surface area contributed by atoms with Crippen molar-refractivity contribution < 1.29 is 9.18 Å². The van der Waals surface area contributed by atoms with Gasteiger partial charge in [-0.05, 0) is 19.3 Å². The second-order valence-corrected chi connectivity index (χ2v) is 7.80. The minimum Gasteiger partial charge on any atom is -0.356 e. The van der Waals surface area contributed by atoms with Crippen molar-refractivity contribution in [2.24, 2.45) is 0 Å². The molecule has 2 nitrogen and oxygen atoms in total. The number of unbranched alkanes of at least 4 members (excludes halogenated alkanes) is 16. The molecule has 0 aliphatic carbocycles. The first-order chi connectivity index (χ1) is 12.8. The number of amides is 1. The zero-order valence-electron chi connectivity index (χ0n) is 17.6. The molecule has 0 aliphatic rings. The molecule has 0 radical (unpaired) electrons. The third-order valence-corrected chi connectivity index (χ3v) is 5.14. The Morgan fingerprint density at radius 1 is 0.615 bits per heavy atom. The molecular weight excluding hydrogens is 325 g/mol. The molecule has 1 amide bonds. The molecule has 0 aliphatic heterocycles. The maximum Gasteiger partial charge on any atom is 0.219 e. The van der Waals surface area contributed by atoms with Gasteiger partial charge >= 0.3 is 0 Å². The zero-order chi connectivity index (χ0) is 19.1. The lowest BCUT2D eigenvalue weighted by molar-refractivity contribution is -0.121. The van der Waals surface area contributed by atoms with Gasteiger partial charge in [0.2, 0.25) is 5.91 Å². The summed E-state index contributed by atoms with van der Waals surface area (Å²) in [6, 6.07) is 0. The fourth-order valence-corrected chi connectivity index (χ4v) is 3.37. The minimum absolute atomic E-state index is 0.189.